The molecule has 1 heterocycles. The minimum Gasteiger partial charge on any atom is -0.309 e. The molecule has 0 unspecified atom stereocenters. The van der Waals surface area contributed by atoms with Crippen molar-refractivity contribution in [2.75, 3.05) is 18.5 Å². The minimum atomic E-state index is -4.49. The molecule has 10 heteroatoms. The Balaban J connectivity index is 2.04. The van der Waals surface area contributed by atoms with E-state index in [1.807, 2.05) is 0 Å². The molecule has 2 rings (SSSR count). The number of anilines is 1. The first-order valence-corrected chi connectivity index (χ1v) is 10.2. The van der Waals surface area contributed by atoms with Crippen LogP contribution >= 0.6 is 7.60 Å². The zero-order valence-electron chi connectivity index (χ0n) is 15.3. The van der Waals surface area contributed by atoms with Gasteiger partial charge in [0.25, 0.3) is 5.91 Å². The molecule has 0 atom stereocenters. The number of benzene rings is 1. The van der Waals surface area contributed by atoms with Crippen molar-refractivity contribution in [3.63, 3.8) is 0 Å². The van der Waals surface area contributed by atoms with Gasteiger partial charge >= 0.3 is 13.8 Å². The SMILES string of the molecule is CCOP(=O)(Cc1ccc(C(=O)Nc2ccc(C(F)(F)F)cn2)cc1)OCC. The number of amides is 1. The highest BCUT2D eigenvalue weighted by atomic mass is 31.2. The molecule has 0 fully saturated rings. The zero-order chi connectivity index (χ0) is 20.8. The Labute approximate surface area is 160 Å². The number of hydrogen-bond acceptors (Lipinski definition) is 5. The maximum Gasteiger partial charge on any atom is 0.417 e. The summed E-state index contributed by atoms with van der Waals surface area (Å²) in [5.74, 6) is -0.532. The lowest BCUT2D eigenvalue weighted by atomic mass is 10.1. The Morgan fingerprint density at radius 1 is 1.07 bits per heavy atom. The lowest BCUT2D eigenvalue weighted by Gasteiger charge is -2.17. The highest BCUT2D eigenvalue weighted by molar-refractivity contribution is 7.53. The molecule has 0 saturated carbocycles. The molecule has 152 valence electrons. The Hall–Kier alpha value is -2.22. The van der Waals surface area contributed by atoms with Crippen LogP contribution in [0.3, 0.4) is 0 Å². The summed E-state index contributed by atoms with van der Waals surface area (Å²) in [5.41, 5.74) is 0.0328. The van der Waals surface area contributed by atoms with Gasteiger partial charge in [0, 0.05) is 11.8 Å². The summed E-state index contributed by atoms with van der Waals surface area (Å²) in [6, 6.07) is 8.16. The number of alkyl halides is 3. The van der Waals surface area contributed by atoms with Crippen LogP contribution < -0.4 is 5.32 Å². The fraction of sp³-hybridized carbons (Fsp3) is 0.333. The van der Waals surface area contributed by atoms with Crippen molar-refractivity contribution in [1.82, 2.24) is 4.98 Å². The molecule has 28 heavy (non-hydrogen) atoms. The van der Waals surface area contributed by atoms with Crippen molar-refractivity contribution in [2.45, 2.75) is 26.2 Å². The highest BCUT2D eigenvalue weighted by Crippen LogP contribution is 2.51. The topological polar surface area (TPSA) is 77.5 Å². The third kappa shape index (κ3) is 6.15. The summed E-state index contributed by atoms with van der Waals surface area (Å²) < 4.78 is 60.6. The van der Waals surface area contributed by atoms with Gasteiger partial charge in [-0.3, -0.25) is 9.36 Å². The van der Waals surface area contributed by atoms with E-state index in [1.54, 1.807) is 26.0 Å². The van der Waals surface area contributed by atoms with Crippen molar-refractivity contribution < 1.29 is 31.6 Å². The predicted molar refractivity (Wildman–Crippen MR) is 98.2 cm³/mol. The molecule has 0 spiro atoms. The minimum absolute atomic E-state index is 0.000677. The van der Waals surface area contributed by atoms with E-state index >= 15 is 0 Å². The molecule has 0 saturated heterocycles. The first kappa shape index (κ1) is 22.1. The van der Waals surface area contributed by atoms with Crippen LogP contribution in [0.15, 0.2) is 42.6 Å². The Kier molecular flexibility index (Phi) is 7.35. The molecule has 0 radical (unpaired) electrons. The number of aromatic nitrogens is 1. The van der Waals surface area contributed by atoms with Crippen LogP contribution in [-0.2, 0) is 26.0 Å². The number of pyridine rings is 1. The summed E-state index contributed by atoms with van der Waals surface area (Å²) in [6.07, 6.45) is -3.78. The van der Waals surface area contributed by atoms with Crippen molar-refractivity contribution in [1.29, 1.82) is 0 Å². The second-order valence-corrected chi connectivity index (χ2v) is 7.74. The molecule has 2 aromatic rings. The van der Waals surface area contributed by atoms with Gasteiger partial charge in [0.05, 0.1) is 24.9 Å². The maximum absolute atomic E-state index is 12.5. The number of carbonyl (C=O) groups is 1. The normalized spacial score (nSPS) is 12.0. The standard InChI is InChI=1S/C18H20F3N2O4P/c1-3-26-28(25,27-4-2)12-13-5-7-14(8-6-13)17(24)23-16-10-9-15(11-22-16)18(19,20)21/h5-11H,3-4,12H2,1-2H3,(H,22,23,24). The zero-order valence-corrected chi connectivity index (χ0v) is 16.2. The van der Waals surface area contributed by atoms with E-state index in [0.29, 0.717) is 11.8 Å². The Morgan fingerprint density at radius 2 is 1.68 bits per heavy atom. The number of rotatable bonds is 8. The van der Waals surface area contributed by atoms with E-state index in [2.05, 4.69) is 10.3 Å². The predicted octanol–water partition coefficient (Wildman–Crippen LogP) is 5.12. The van der Waals surface area contributed by atoms with Crippen LogP contribution in [-0.4, -0.2) is 24.1 Å². The number of nitrogens with one attached hydrogen (secondary N) is 1. The monoisotopic (exact) mass is 416 g/mol. The van der Waals surface area contributed by atoms with Crippen LogP contribution in [0.2, 0.25) is 0 Å². The fourth-order valence-electron chi connectivity index (χ4n) is 2.33. The lowest BCUT2D eigenvalue weighted by molar-refractivity contribution is -0.137. The van der Waals surface area contributed by atoms with Gasteiger partial charge in [-0.15, -0.1) is 0 Å². The van der Waals surface area contributed by atoms with Crippen LogP contribution in [0.25, 0.3) is 0 Å². The number of halogens is 3. The van der Waals surface area contributed by atoms with E-state index in [1.165, 1.54) is 12.1 Å². The summed E-state index contributed by atoms with van der Waals surface area (Å²) in [6.45, 7) is 3.93. The highest BCUT2D eigenvalue weighted by Gasteiger charge is 2.30. The van der Waals surface area contributed by atoms with E-state index in [9.17, 15) is 22.5 Å². The molecule has 1 aromatic heterocycles. The summed E-state index contributed by atoms with van der Waals surface area (Å²) in [7, 11) is -3.26. The average Bonchev–Trinajstić information content (AvgIpc) is 2.62. The molecule has 0 bridgehead atoms. The van der Waals surface area contributed by atoms with Crippen molar-refractivity contribution in [3.8, 4) is 0 Å². The molecule has 6 nitrogen and oxygen atoms in total. The van der Waals surface area contributed by atoms with Gasteiger partial charge in [-0.25, -0.2) is 4.98 Å². The van der Waals surface area contributed by atoms with Crippen LogP contribution in [0.5, 0.6) is 0 Å². The third-order valence-corrected chi connectivity index (χ3v) is 5.63. The van der Waals surface area contributed by atoms with E-state index in [-0.39, 0.29) is 30.8 Å². The molecule has 1 aromatic carbocycles. The van der Waals surface area contributed by atoms with Gasteiger partial charge in [-0.2, -0.15) is 13.2 Å². The Bertz CT molecular complexity index is 829. The molecular weight excluding hydrogens is 396 g/mol. The fourth-order valence-corrected chi connectivity index (χ4v) is 4.03. The van der Waals surface area contributed by atoms with E-state index in [0.717, 1.165) is 12.1 Å². The van der Waals surface area contributed by atoms with Crippen molar-refractivity contribution >= 4 is 19.3 Å². The van der Waals surface area contributed by atoms with Crippen LogP contribution in [0.1, 0.15) is 35.3 Å². The first-order valence-electron chi connectivity index (χ1n) is 8.48. The molecule has 0 aliphatic rings. The molecule has 1 N–H and O–H groups in total. The summed E-state index contributed by atoms with van der Waals surface area (Å²) >= 11 is 0. The maximum atomic E-state index is 12.5. The lowest BCUT2D eigenvalue weighted by Crippen LogP contribution is -2.13. The average molecular weight is 416 g/mol. The number of hydrogen-bond donors (Lipinski definition) is 1. The first-order chi connectivity index (χ1) is 13.2. The molecule has 1 amide bonds. The van der Waals surface area contributed by atoms with Gasteiger partial charge in [0.1, 0.15) is 5.82 Å². The van der Waals surface area contributed by atoms with Crippen LogP contribution in [0.4, 0.5) is 19.0 Å². The van der Waals surface area contributed by atoms with Gasteiger partial charge in [0.2, 0.25) is 0 Å². The van der Waals surface area contributed by atoms with E-state index < -0.39 is 25.2 Å². The second-order valence-electron chi connectivity index (χ2n) is 5.69. The Morgan fingerprint density at radius 3 is 2.14 bits per heavy atom. The smallest absolute Gasteiger partial charge is 0.309 e. The van der Waals surface area contributed by atoms with Gasteiger partial charge in [-0.1, -0.05) is 12.1 Å². The summed E-state index contributed by atoms with van der Waals surface area (Å²) in [4.78, 5) is 15.8. The third-order valence-electron chi connectivity index (χ3n) is 3.58. The molecular formula is C18H20F3N2O4P. The van der Waals surface area contributed by atoms with Crippen molar-refractivity contribution in [3.05, 3.63) is 59.3 Å². The number of nitrogens with zero attached hydrogens (tertiary/aromatic N) is 1. The van der Waals surface area contributed by atoms with Gasteiger partial charge in [-0.05, 0) is 43.7 Å². The van der Waals surface area contributed by atoms with E-state index in [4.69, 9.17) is 9.05 Å². The second kappa shape index (κ2) is 9.32. The summed E-state index contributed by atoms with van der Waals surface area (Å²) in [5, 5.41) is 2.42. The quantitative estimate of drug-likeness (QED) is 0.605. The van der Waals surface area contributed by atoms with Crippen LogP contribution in [0, 0.1) is 0 Å². The van der Waals surface area contributed by atoms with Crippen molar-refractivity contribution in [2.24, 2.45) is 0 Å². The van der Waals surface area contributed by atoms with Gasteiger partial charge < -0.3 is 14.4 Å². The largest absolute Gasteiger partial charge is 0.417 e. The number of carbonyl (C=O) groups excluding carboxylic acids is 1. The molecule has 0 aliphatic heterocycles. The molecule has 0 aliphatic carbocycles. The van der Waals surface area contributed by atoms with Gasteiger partial charge in [0.15, 0.2) is 0 Å².